The molecule has 0 aliphatic rings. The van der Waals surface area contributed by atoms with Crippen molar-refractivity contribution in [2.75, 3.05) is 52.9 Å². The number of hydrogen-bond donors (Lipinski definition) is 0. The quantitative estimate of drug-likeness (QED) is 0.0840. The summed E-state index contributed by atoms with van der Waals surface area (Å²) in [6.45, 7) is 10.7. The number of benzene rings is 2. The summed E-state index contributed by atoms with van der Waals surface area (Å²) in [6.07, 6.45) is 3.40. The van der Waals surface area contributed by atoms with Crippen LogP contribution in [0.25, 0.3) is 0 Å². The molecule has 2 aromatic rings. The fourth-order valence-corrected chi connectivity index (χ4v) is 3.52. The van der Waals surface area contributed by atoms with E-state index < -0.39 is 12.1 Å². The van der Waals surface area contributed by atoms with Crippen molar-refractivity contribution in [2.45, 2.75) is 58.5 Å². The Morgan fingerprint density at radius 2 is 1.31 bits per heavy atom. The summed E-state index contributed by atoms with van der Waals surface area (Å²) in [7, 11) is 0. The van der Waals surface area contributed by atoms with Crippen LogP contribution in [0.15, 0.2) is 66.7 Å². The van der Waals surface area contributed by atoms with Crippen molar-refractivity contribution in [2.24, 2.45) is 0 Å². The Morgan fingerprint density at radius 3 is 1.98 bits per heavy atom. The van der Waals surface area contributed by atoms with E-state index in [1.807, 2.05) is 54.6 Å². The van der Waals surface area contributed by atoms with Crippen LogP contribution in [0.4, 0.5) is 0 Å². The van der Waals surface area contributed by atoms with Gasteiger partial charge in [0.15, 0.2) is 6.10 Å². The number of carbonyl (C=O) groups excluding carboxylic acids is 2. The lowest BCUT2D eigenvalue weighted by atomic mass is 10.2. The van der Waals surface area contributed by atoms with Gasteiger partial charge >= 0.3 is 11.9 Å². The van der Waals surface area contributed by atoms with Crippen molar-refractivity contribution >= 4 is 11.9 Å². The molecule has 42 heavy (non-hydrogen) atoms. The second-order valence-electron chi connectivity index (χ2n) is 9.67. The third kappa shape index (κ3) is 16.6. The van der Waals surface area contributed by atoms with Gasteiger partial charge in [-0.3, -0.25) is 4.79 Å². The zero-order valence-corrected chi connectivity index (χ0v) is 25.1. The second kappa shape index (κ2) is 22.1. The van der Waals surface area contributed by atoms with Gasteiger partial charge in [-0.2, -0.15) is 0 Å². The summed E-state index contributed by atoms with van der Waals surface area (Å²) in [4.78, 5) is 23.8. The van der Waals surface area contributed by atoms with Gasteiger partial charge in [-0.05, 0) is 75.4 Å². The first-order valence-electron chi connectivity index (χ1n) is 14.7. The molecule has 0 heterocycles. The van der Waals surface area contributed by atoms with Crippen molar-refractivity contribution in [1.82, 2.24) is 0 Å². The highest BCUT2D eigenvalue weighted by Crippen LogP contribution is 2.17. The Labute approximate surface area is 250 Å². The van der Waals surface area contributed by atoms with Crippen molar-refractivity contribution < 1.29 is 42.7 Å². The van der Waals surface area contributed by atoms with Crippen LogP contribution in [0.2, 0.25) is 0 Å². The van der Waals surface area contributed by atoms with Crippen molar-refractivity contribution in [1.29, 1.82) is 0 Å². The fourth-order valence-electron chi connectivity index (χ4n) is 3.52. The molecule has 0 bridgehead atoms. The summed E-state index contributed by atoms with van der Waals surface area (Å²) < 4.78 is 39.1. The molecule has 0 N–H and O–H groups in total. The molecule has 0 aromatic heterocycles. The summed E-state index contributed by atoms with van der Waals surface area (Å²) in [6, 6.07) is 16.9. The number of hydrogen-bond acceptors (Lipinski definition) is 9. The van der Waals surface area contributed by atoms with Crippen LogP contribution in [-0.2, 0) is 28.5 Å². The maximum atomic E-state index is 12.4. The molecule has 0 aliphatic heterocycles. The second-order valence-corrected chi connectivity index (χ2v) is 9.67. The summed E-state index contributed by atoms with van der Waals surface area (Å²) in [5.41, 5.74) is 0.351. The Balaban J connectivity index is 1.57. The maximum Gasteiger partial charge on any atom is 0.333 e. The molecule has 0 radical (unpaired) electrons. The SMILES string of the molecule is C=C(C)C(=O)OCCCCC(=O)OC(COCCCCOCCOc1ccc(OCCC)cc1)COc1ccccc1. The molecule has 1 atom stereocenters. The van der Waals surface area contributed by atoms with Gasteiger partial charge < -0.3 is 33.2 Å². The number of carbonyl (C=O) groups is 2. The van der Waals surface area contributed by atoms with Gasteiger partial charge in [0.1, 0.15) is 30.5 Å². The molecule has 0 aliphatic carbocycles. The van der Waals surface area contributed by atoms with E-state index in [0.717, 1.165) is 30.8 Å². The van der Waals surface area contributed by atoms with Crippen LogP contribution in [0.1, 0.15) is 52.4 Å². The first-order valence-corrected chi connectivity index (χ1v) is 14.7. The normalized spacial score (nSPS) is 11.4. The molecule has 9 heteroatoms. The molecule has 2 aromatic carbocycles. The van der Waals surface area contributed by atoms with E-state index >= 15 is 0 Å². The van der Waals surface area contributed by atoms with Crippen LogP contribution in [0.5, 0.6) is 17.2 Å². The third-order valence-electron chi connectivity index (χ3n) is 5.76. The summed E-state index contributed by atoms with van der Waals surface area (Å²) in [5, 5.41) is 0. The summed E-state index contributed by atoms with van der Waals surface area (Å²) >= 11 is 0. The molecule has 0 saturated heterocycles. The van der Waals surface area contributed by atoms with Gasteiger partial charge in [0.2, 0.25) is 0 Å². The first-order chi connectivity index (χ1) is 20.5. The highest BCUT2D eigenvalue weighted by molar-refractivity contribution is 5.86. The third-order valence-corrected chi connectivity index (χ3v) is 5.76. The fraction of sp³-hybridized carbons (Fsp3) is 0.515. The number of rotatable bonds is 24. The Morgan fingerprint density at radius 1 is 0.690 bits per heavy atom. The van der Waals surface area contributed by atoms with E-state index in [1.54, 1.807) is 6.92 Å². The highest BCUT2D eigenvalue weighted by atomic mass is 16.6. The number of ether oxygens (including phenoxy) is 7. The molecule has 2 rings (SSSR count). The Hall–Kier alpha value is -3.56. The van der Waals surface area contributed by atoms with Crippen LogP contribution in [0.3, 0.4) is 0 Å². The van der Waals surface area contributed by atoms with Gasteiger partial charge in [0.25, 0.3) is 0 Å². The zero-order chi connectivity index (χ0) is 30.3. The summed E-state index contributed by atoms with van der Waals surface area (Å²) in [5.74, 6) is 1.54. The molecule has 0 spiro atoms. The molecule has 232 valence electrons. The van der Waals surface area contributed by atoms with Crippen LogP contribution < -0.4 is 14.2 Å². The standard InChI is InChI=1S/C33H46O9/c1-4-19-38-29-15-17-30(18-16-29)39-24-23-36-20-10-11-21-37-25-31(26-41-28-12-6-5-7-13-28)42-32(34)14-8-9-22-40-33(35)27(2)3/h5-7,12-13,15-18,31H,2,4,8-11,14,19-26H2,1,3H3. The van der Waals surface area contributed by atoms with Gasteiger partial charge in [-0.25, -0.2) is 4.79 Å². The Kier molecular flexibility index (Phi) is 18.2. The van der Waals surface area contributed by atoms with Gasteiger partial charge in [-0.15, -0.1) is 0 Å². The van der Waals surface area contributed by atoms with E-state index in [-0.39, 0.29) is 32.2 Å². The van der Waals surface area contributed by atoms with Crippen molar-refractivity contribution in [3.05, 3.63) is 66.7 Å². The van der Waals surface area contributed by atoms with E-state index in [0.29, 0.717) is 57.2 Å². The smallest absolute Gasteiger partial charge is 0.333 e. The predicted octanol–water partition coefficient (Wildman–Crippen LogP) is 5.95. The van der Waals surface area contributed by atoms with Crippen molar-refractivity contribution in [3.8, 4) is 17.2 Å². The van der Waals surface area contributed by atoms with Gasteiger partial charge in [0, 0.05) is 25.2 Å². The Bertz CT molecular complexity index is 1010. The molecule has 0 fully saturated rings. The van der Waals surface area contributed by atoms with E-state index in [9.17, 15) is 9.59 Å². The lowest BCUT2D eigenvalue weighted by molar-refractivity contribution is -0.154. The lowest BCUT2D eigenvalue weighted by Crippen LogP contribution is -2.30. The molecule has 0 amide bonds. The first kappa shape index (κ1) is 34.6. The largest absolute Gasteiger partial charge is 0.494 e. The van der Waals surface area contributed by atoms with E-state index in [2.05, 4.69) is 13.5 Å². The maximum absolute atomic E-state index is 12.4. The number of para-hydroxylation sites is 1. The van der Waals surface area contributed by atoms with Gasteiger partial charge in [0.05, 0.1) is 26.4 Å². The molecule has 0 saturated carbocycles. The van der Waals surface area contributed by atoms with Crippen molar-refractivity contribution in [3.63, 3.8) is 0 Å². The zero-order valence-electron chi connectivity index (χ0n) is 25.1. The lowest BCUT2D eigenvalue weighted by Gasteiger charge is -2.19. The van der Waals surface area contributed by atoms with Crippen LogP contribution in [-0.4, -0.2) is 70.9 Å². The number of unbranched alkanes of at least 4 members (excludes halogenated alkanes) is 2. The molecule has 1 unspecified atom stereocenters. The monoisotopic (exact) mass is 586 g/mol. The molecular weight excluding hydrogens is 540 g/mol. The topological polar surface area (TPSA) is 98.8 Å². The minimum atomic E-state index is -0.542. The van der Waals surface area contributed by atoms with Gasteiger partial charge in [-0.1, -0.05) is 31.7 Å². The number of esters is 2. The molecular formula is C33H46O9. The average Bonchev–Trinajstić information content (AvgIpc) is 3.00. The van der Waals surface area contributed by atoms with Crippen LogP contribution >= 0.6 is 0 Å². The van der Waals surface area contributed by atoms with Crippen LogP contribution in [0, 0.1) is 0 Å². The molecule has 9 nitrogen and oxygen atoms in total. The van der Waals surface area contributed by atoms with E-state index in [1.165, 1.54) is 0 Å². The average molecular weight is 587 g/mol. The van der Waals surface area contributed by atoms with E-state index in [4.69, 9.17) is 33.2 Å². The highest BCUT2D eigenvalue weighted by Gasteiger charge is 2.16. The minimum Gasteiger partial charge on any atom is -0.494 e. The minimum absolute atomic E-state index is 0.184. The predicted molar refractivity (Wildman–Crippen MR) is 160 cm³/mol.